The van der Waals surface area contributed by atoms with Crippen LogP contribution < -0.4 is 10.5 Å². The molecule has 1 aromatic heterocycles. The highest BCUT2D eigenvalue weighted by molar-refractivity contribution is 7.12. The average molecular weight is 357 g/mol. The van der Waals surface area contributed by atoms with Crippen LogP contribution in [0.2, 0.25) is 0 Å². The van der Waals surface area contributed by atoms with Crippen molar-refractivity contribution < 1.29 is 27.4 Å². The standard InChI is InChI=1S/C14H10F3N3O3S/c15-14(16,17)23-9-5-3-8(4-6-9)12(21)20-13(19)22-11(18)10-2-1-7-24-10/h1-7,18H,(H2,19,20,21). The number of alkyl halides is 3. The minimum absolute atomic E-state index is 0.0151. The summed E-state index contributed by atoms with van der Waals surface area (Å²) in [6, 6.07) is 6.94. The van der Waals surface area contributed by atoms with E-state index < -0.39 is 24.0 Å². The number of nitrogens with two attached hydrogens (primary N) is 1. The summed E-state index contributed by atoms with van der Waals surface area (Å²) in [5.41, 5.74) is 5.41. The van der Waals surface area contributed by atoms with Gasteiger partial charge in [-0.2, -0.15) is 4.99 Å². The minimum Gasteiger partial charge on any atom is -0.406 e. The van der Waals surface area contributed by atoms with Crippen molar-refractivity contribution in [2.75, 3.05) is 0 Å². The van der Waals surface area contributed by atoms with Gasteiger partial charge in [-0.1, -0.05) is 6.07 Å². The number of thiophene rings is 1. The van der Waals surface area contributed by atoms with Crippen LogP contribution in [0.5, 0.6) is 5.75 Å². The maximum absolute atomic E-state index is 12.0. The second-order valence-corrected chi connectivity index (χ2v) is 5.18. The highest BCUT2D eigenvalue weighted by atomic mass is 32.1. The first kappa shape index (κ1) is 17.5. The first-order valence-corrected chi connectivity index (χ1v) is 7.17. The number of nitrogens with one attached hydrogen (secondary N) is 1. The Kier molecular flexibility index (Phi) is 5.19. The molecule has 24 heavy (non-hydrogen) atoms. The van der Waals surface area contributed by atoms with Gasteiger partial charge in [0, 0.05) is 5.56 Å². The highest BCUT2D eigenvalue weighted by Crippen LogP contribution is 2.22. The van der Waals surface area contributed by atoms with Crippen LogP contribution in [0, 0.1) is 5.41 Å². The Labute approximate surface area is 137 Å². The van der Waals surface area contributed by atoms with Gasteiger partial charge in [-0.05, 0) is 35.7 Å². The van der Waals surface area contributed by atoms with E-state index in [0.29, 0.717) is 4.88 Å². The lowest BCUT2D eigenvalue weighted by atomic mass is 10.2. The Balaban J connectivity index is 2.01. The number of carbonyl (C=O) groups is 1. The lowest BCUT2D eigenvalue weighted by Crippen LogP contribution is -2.22. The number of aliphatic imine (C=N–C) groups is 1. The smallest absolute Gasteiger partial charge is 0.406 e. The number of benzene rings is 1. The summed E-state index contributed by atoms with van der Waals surface area (Å²) < 4.78 is 44.7. The fourth-order valence-electron chi connectivity index (χ4n) is 1.55. The number of nitrogens with zero attached hydrogens (tertiary/aromatic N) is 1. The molecular weight excluding hydrogens is 347 g/mol. The van der Waals surface area contributed by atoms with Crippen molar-refractivity contribution in [2.45, 2.75) is 6.36 Å². The molecule has 0 fully saturated rings. The van der Waals surface area contributed by atoms with Crippen molar-refractivity contribution in [3.8, 4) is 5.75 Å². The third-order valence-electron chi connectivity index (χ3n) is 2.50. The van der Waals surface area contributed by atoms with Gasteiger partial charge in [-0.25, -0.2) is 0 Å². The second-order valence-electron chi connectivity index (χ2n) is 4.24. The summed E-state index contributed by atoms with van der Waals surface area (Å²) in [7, 11) is 0. The number of amidine groups is 1. The average Bonchev–Trinajstić information content (AvgIpc) is 3.00. The number of amides is 1. The van der Waals surface area contributed by atoms with Crippen molar-refractivity contribution in [1.82, 2.24) is 0 Å². The van der Waals surface area contributed by atoms with E-state index in [0.717, 1.165) is 24.3 Å². The summed E-state index contributed by atoms with van der Waals surface area (Å²) in [4.78, 5) is 15.8. The number of carbonyl (C=O) groups excluding carboxylic acids is 1. The van der Waals surface area contributed by atoms with Crippen LogP contribution in [0.1, 0.15) is 15.2 Å². The van der Waals surface area contributed by atoms with E-state index in [1.165, 1.54) is 11.3 Å². The maximum atomic E-state index is 12.0. The van der Waals surface area contributed by atoms with Crippen molar-refractivity contribution in [2.24, 2.45) is 10.7 Å². The maximum Gasteiger partial charge on any atom is 0.573 e. The van der Waals surface area contributed by atoms with E-state index in [4.69, 9.17) is 15.9 Å². The summed E-state index contributed by atoms with van der Waals surface area (Å²) in [6.45, 7) is 0. The number of hydrogen-bond donors (Lipinski definition) is 2. The molecule has 0 aliphatic carbocycles. The molecule has 1 amide bonds. The number of halogens is 3. The zero-order valence-electron chi connectivity index (χ0n) is 11.8. The van der Waals surface area contributed by atoms with Gasteiger partial charge in [0.1, 0.15) is 5.75 Å². The molecule has 0 atom stereocenters. The third kappa shape index (κ3) is 5.09. The van der Waals surface area contributed by atoms with Gasteiger partial charge in [0.15, 0.2) is 0 Å². The molecule has 0 radical (unpaired) electrons. The predicted octanol–water partition coefficient (Wildman–Crippen LogP) is 3.14. The zero-order chi connectivity index (χ0) is 17.7. The molecule has 0 bridgehead atoms. The molecule has 0 saturated heterocycles. The van der Waals surface area contributed by atoms with Crippen LogP contribution in [-0.2, 0) is 4.74 Å². The number of rotatable bonds is 3. The van der Waals surface area contributed by atoms with E-state index in [1.807, 2.05) is 0 Å². The molecule has 6 nitrogen and oxygen atoms in total. The molecule has 0 aliphatic heterocycles. The van der Waals surface area contributed by atoms with Crippen LogP contribution in [0.15, 0.2) is 46.8 Å². The van der Waals surface area contributed by atoms with E-state index in [9.17, 15) is 18.0 Å². The summed E-state index contributed by atoms with van der Waals surface area (Å²) >= 11 is 1.24. The van der Waals surface area contributed by atoms with Crippen molar-refractivity contribution >= 4 is 29.2 Å². The Morgan fingerprint density at radius 3 is 2.42 bits per heavy atom. The summed E-state index contributed by atoms with van der Waals surface area (Å²) in [5.74, 6) is -1.57. The van der Waals surface area contributed by atoms with E-state index in [1.54, 1.807) is 17.5 Å². The Bertz CT molecular complexity index is 756. The van der Waals surface area contributed by atoms with Gasteiger partial charge in [-0.15, -0.1) is 24.5 Å². The SMILES string of the molecule is N=C(OC(N)=NC(=O)c1ccc(OC(F)(F)F)cc1)c1cccs1. The van der Waals surface area contributed by atoms with Crippen LogP contribution in [0.25, 0.3) is 0 Å². The van der Waals surface area contributed by atoms with Gasteiger partial charge in [-0.3, -0.25) is 10.2 Å². The fraction of sp³-hybridized carbons (Fsp3) is 0.0714. The normalized spacial score (nSPS) is 11.9. The van der Waals surface area contributed by atoms with E-state index in [-0.39, 0.29) is 11.5 Å². The van der Waals surface area contributed by atoms with Crippen LogP contribution >= 0.6 is 11.3 Å². The third-order valence-corrected chi connectivity index (χ3v) is 3.37. The van der Waals surface area contributed by atoms with E-state index in [2.05, 4.69) is 9.73 Å². The highest BCUT2D eigenvalue weighted by Gasteiger charge is 2.31. The molecule has 10 heteroatoms. The van der Waals surface area contributed by atoms with Crippen molar-refractivity contribution in [3.05, 3.63) is 52.2 Å². The largest absolute Gasteiger partial charge is 0.573 e. The molecule has 1 aromatic carbocycles. The van der Waals surface area contributed by atoms with Crippen LogP contribution in [-0.4, -0.2) is 24.2 Å². The van der Waals surface area contributed by atoms with Gasteiger partial charge < -0.3 is 15.2 Å². The fourth-order valence-corrected chi connectivity index (χ4v) is 2.16. The molecule has 1 heterocycles. The number of ether oxygens (including phenoxy) is 2. The lowest BCUT2D eigenvalue weighted by Gasteiger charge is -2.08. The summed E-state index contributed by atoms with van der Waals surface area (Å²) in [5, 5.41) is 9.36. The van der Waals surface area contributed by atoms with Gasteiger partial charge in [0.2, 0.25) is 5.90 Å². The van der Waals surface area contributed by atoms with Gasteiger partial charge in [0.05, 0.1) is 4.88 Å². The predicted molar refractivity (Wildman–Crippen MR) is 81.3 cm³/mol. The Hall–Kier alpha value is -2.88. The molecular formula is C14H10F3N3O3S. The first-order valence-electron chi connectivity index (χ1n) is 6.29. The molecule has 0 spiro atoms. The monoisotopic (exact) mass is 357 g/mol. The van der Waals surface area contributed by atoms with Gasteiger partial charge in [0.25, 0.3) is 11.9 Å². The van der Waals surface area contributed by atoms with Crippen LogP contribution in [0.4, 0.5) is 13.2 Å². The molecule has 2 rings (SSSR count). The first-order chi connectivity index (χ1) is 11.2. The molecule has 0 saturated carbocycles. The molecule has 3 N–H and O–H groups in total. The zero-order valence-corrected chi connectivity index (χ0v) is 12.6. The Morgan fingerprint density at radius 1 is 1.21 bits per heavy atom. The molecule has 2 aromatic rings. The molecule has 0 unspecified atom stereocenters. The molecule has 0 aliphatic rings. The Morgan fingerprint density at radius 2 is 1.88 bits per heavy atom. The van der Waals surface area contributed by atoms with Crippen molar-refractivity contribution in [1.29, 1.82) is 5.41 Å². The second kappa shape index (κ2) is 7.13. The van der Waals surface area contributed by atoms with Crippen molar-refractivity contribution in [3.63, 3.8) is 0 Å². The molecule has 126 valence electrons. The quantitative estimate of drug-likeness (QED) is 0.651. The number of hydrogen-bond acceptors (Lipinski definition) is 5. The van der Waals surface area contributed by atoms with E-state index >= 15 is 0 Å². The topological polar surface area (TPSA) is 97.8 Å². The minimum atomic E-state index is -4.82. The summed E-state index contributed by atoms with van der Waals surface area (Å²) in [6.07, 6.45) is -4.82. The van der Waals surface area contributed by atoms with Gasteiger partial charge >= 0.3 is 6.36 Å². The lowest BCUT2D eigenvalue weighted by molar-refractivity contribution is -0.274. The van der Waals surface area contributed by atoms with Crippen LogP contribution in [0.3, 0.4) is 0 Å².